The Labute approximate surface area is 104 Å². The van der Waals surface area contributed by atoms with E-state index in [1.165, 1.54) is 0 Å². The van der Waals surface area contributed by atoms with Crippen LogP contribution in [0, 0.1) is 18.6 Å². The Morgan fingerprint density at radius 3 is 2.56 bits per heavy atom. The van der Waals surface area contributed by atoms with Crippen molar-refractivity contribution in [2.75, 3.05) is 7.05 Å². The summed E-state index contributed by atoms with van der Waals surface area (Å²) in [7, 11) is 1.66. The number of rotatable bonds is 3. The van der Waals surface area contributed by atoms with Crippen molar-refractivity contribution >= 4 is 0 Å². The van der Waals surface area contributed by atoms with Crippen LogP contribution in [0.1, 0.15) is 23.0 Å². The number of benzene rings is 1. The van der Waals surface area contributed by atoms with Gasteiger partial charge < -0.3 is 5.32 Å². The fraction of sp³-hybridized carbons (Fsp3) is 0.231. The quantitative estimate of drug-likeness (QED) is 0.907. The second kappa shape index (κ2) is 5.18. The second-order valence-corrected chi connectivity index (χ2v) is 3.97. The molecule has 5 heteroatoms. The molecule has 0 amide bonds. The Kier molecular flexibility index (Phi) is 3.62. The fourth-order valence-corrected chi connectivity index (χ4v) is 1.75. The lowest BCUT2D eigenvalue weighted by Gasteiger charge is -2.16. The maximum absolute atomic E-state index is 13.7. The summed E-state index contributed by atoms with van der Waals surface area (Å²) in [4.78, 5) is 8.29. The molecule has 0 bridgehead atoms. The van der Waals surface area contributed by atoms with Crippen LogP contribution in [-0.4, -0.2) is 17.0 Å². The Morgan fingerprint density at radius 2 is 1.94 bits per heavy atom. The molecule has 18 heavy (non-hydrogen) atoms. The molecule has 1 unspecified atom stereocenters. The molecule has 1 aromatic heterocycles. The predicted molar refractivity (Wildman–Crippen MR) is 64.0 cm³/mol. The van der Waals surface area contributed by atoms with Crippen LogP contribution in [0.3, 0.4) is 0 Å². The zero-order chi connectivity index (χ0) is 13.1. The van der Waals surface area contributed by atoms with E-state index in [2.05, 4.69) is 15.3 Å². The standard InChI is InChI=1S/C13H13F2N3/c1-8-6-18-12(7-17-8)13(16-2)10-5-9(14)3-4-11(10)15/h3-7,13,16H,1-2H3. The third-order valence-electron chi connectivity index (χ3n) is 2.65. The maximum atomic E-state index is 13.7. The van der Waals surface area contributed by atoms with Gasteiger partial charge in [0.25, 0.3) is 0 Å². The molecule has 0 aliphatic carbocycles. The summed E-state index contributed by atoms with van der Waals surface area (Å²) >= 11 is 0. The zero-order valence-electron chi connectivity index (χ0n) is 10.1. The summed E-state index contributed by atoms with van der Waals surface area (Å²) in [5, 5.41) is 2.91. The van der Waals surface area contributed by atoms with Crippen LogP contribution in [0.5, 0.6) is 0 Å². The lowest BCUT2D eigenvalue weighted by atomic mass is 10.0. The van der Waals surface area contributed by atoms with Crippen molar-refractivity contribution in [2.45, 2.75) is 13.0 Å². The molecule has 0 aliphatic heterocycles. The van der Waals surface area contributed by atoms with E-state index in [-0.39, 0.29) is 5.56 Å². The molecule has 0 saturated carbocycles. The Balaban J connectivity index is 2.44. The first-order valence-electron chi connectivity index (χ1n) is 5.52. The summed E-state index contributed by atoms with van der Waals surface area (Å²) in [6.45, 7) is 1.81. The van der Waals surface area contributed by atoms with Crippen molar-refractivity contribution in [1.82, 2.24) is 15.3 Å². The van der Waals surface area contributed by atoms with Gasteiger partial charge in [-0.05, 0) is 32.2 Å². The molecule has 1 aromatic carbocycles. The normalized spacial score (nSPS) is 12.4. The minimum atomic E-state index is -0.520. The highest BCUT2D eigenvalue weighted by Crippen LogP contribution is 2.23. The summed E-state index contributed by atoms with van der Waals surface area (Å²) < 4.78 is 26.9. The third-order valence-corrected chi connectivity index (χ3v) is 2.65. The first-order chi connectivity index (χ1) is 8.61. The highest BCUT2D eigenvalue weighted by Gasteiger charge is 2.18. The lowest BCUT2D eigenvalue weighted by Crippen LogP contribution is -2.20. The Bertz CT molecular complexity index is 540. The number of aryl methyl sites for hydroxylation is 1. The molecule has 1 heterocycles. The summed E-state index contributed by atoms with van der Waals surface area (Å²) in [5.41, 5.74) is 1.54. The largest absolute Gasteiger partial charge is 0.308 e. The van der Waals surface area contributed by atoms with E-state index in [0.717, 1.165) is 23.9 Å². The van der Waals surface area contributed by atoms with Crippen molar-refractivity contribution in [1.29, 1.82) is 0 Å². The highest BCUT2D eigenvalue weighted by molar-refractivity contribution is 5.28. The van der Waals surface area contributed by atoms with Gasteiger partial charge in [-0.25, -0.2) is 8.78 Å². The average molecular weight is 249 g/mol. The van der Waals surface area contributed by atoms with Crippen LogP contribution < -0.4 is 5.32 Å². The van der Waals surface area contributed by atoms with Gasteiger partial charge in [0, 0.05) is 11.8 Å². The summed E-state index contributed by atoms with van der Waals surface area (Å²) in [6.07, 6.45) is 3.15. The van der Waals surface area contributed by atoms with E-state index in [1.54, 1.807) is 19.4 Å². The van der Waals surface area contributed by atoms with Crippen molar-refractivity contribution in [3.63, 3.8) is 0 Å². The summed E-state index contributed by atoms with van der Waals surface area (Å²) in [5.74, 6) is -0.954. The Morgan fingerprint density at radius 1 is 1.17 bits per heavy atom. The van der Waals surface area contributed by atoms with E-state index in [1.807, 2.05) is 6.92 Å². The van der Waals surface area contributed by atoms with Gasteiger partial charge in [-0.1, -0.05) is 0 Å². The fourth-order valence-electron chi connectivity index (χ4n) is 1.75. The maximum Gasteiger partial charge on any atom is 0.128 e. The van der Waals surface area contributed by atoms with Crippen LogP contribution in [0.4, 0.5) is 8.78 Å². The molecule has 0 radical (unpaired) electrons. The van der Waals surface area contributed by atoms with E-state index >= 15 is 0 Å². The topological polar surface area (TPSA) is 37.8 Å². The van der Waals surface area contributed by atoms with Crippen molar-refractivity contribution in [3.05, 3.63) is 59.2 Å². The first-order valence-corrected chi connectivity index (χ1v) is 5.52. The van der Waals surface area contributed by atoms with Crippen molar-refractivity contribution in [3.8, 4) is 0 Å². The molecule has 0 spiro atoms. The van der Waals surface area contributed by atoms with E-state index in [0.29, 0.717) is 5.69 Å². The van der Waals surface area contributed by atoms with Crippen molar-refractivity contribution in [2.24, 2.45) is 0 Å². The molecule has 0 saturated heterocycles. The van der Waals surface area contributed by atoms with Gasteiger partial charge in [0.05, 0.1) is 23.6 Å². The van der Waals surface area contributed by atoms with E-state index in [4.69, 9.17) is 0 Å². The number of hydrogen-bond acceptors (Lipinski definition) is 3. The molecule has 0 aliphatic rings. The molecule has 1 atom stereocenters. The number of nitrogens with zero attached hydrogens (tertiary/aromatic N) is 2. The van der Waals surface area contributed by atoms with Crippen molar-refractivity contribution < 1.29 is 8.78 Å². The number of nitrogens with one attached hydrogen (secondary N) is 1. The highest BCUT2D eigenvalue weighted by atomic mass is 19.1. The molecule has 2 aromatic rings. The number of hydrogen-bond donors (Lipinski definition) is 1. The van der Waals surface area contributed by atoms with E-state index in [9.17, 15) is 8.78 Å². The van der Waals surface area contributed by atoms with Gasteiger partial charge in [-0.3, -0.25) is 9.97 Å². The first kappa shape index (κ1) is 12.6. The third kappa shape index (κ3) is 2.51. The minimum Gasteiger partial charge on any atom is -0.308 e. The monoisotopic (exact) mass is 249 g/mol. The van der Waals surface area contributed by atoms with Gasteiger partial charge >= 0.3 is 0 Å². The molecule has 0 fully saturated rings. The smallest absolute Gasteiger partial charge is 0.128 e. The molecule has 1 N–H and O–H groups in total. The van der Waals surface area contributed by atoms with Gasteiger partial charge in [0.1, 0.15) is 11.6 Å². The number of aromatic nitrogens is 2. The minimum absolute atomic E-state index is 0.218. The van der Waals surface area contributed by atoms with Crippen LogP contribution in [0.15, 0.2) is 30.6 Å². The SMILES string of the molecule is CNC(c1cnc(C)cn1)c1cc(F)ccc1F. The average Bonchev–Trinajstić information content (AvgIpc) is 2.37. The summed E-state index contributed by atoms with van der Waals surface area (Å²) in [6, 6.07) is 2.84. The molecule has 94 valence electrons. The van der Waals surface area contributed by atoms with Gasteiger partial charge in [-0.2, -0.15) is 0 Å². The molecule has 2 rings (SSSR count). The second-order valence-electron chi connectivity index (χ2n) is 3.97. The van der Waals surface area contributed by atoms with Crippen LogP contribution in [0.25, 0.3) is 0 Å². The lowest BCUT2D eigenvalue weighted by molar-refractivity contribution is 0.552. The van der Waals surface area contributed by atoms with E-state index < -0.39 is 17.7 Å². The van der Waals surface area contributed by atoms with Crippen LogP contribution >= 0.6 is 0 Å². The molecular formula is C13H13F2N3. The Hall–Kier alpha value is -1.88. The number of halogens is 2. The zero-order valence-corrected chi connectivity index (χ0v) is 10.1. The molecule has 3 nitrogen and oxygen atoms in total. The van der Waals surface area contributed by atoms with Crippen LogP contribution in [-0.2, 0) is 0 Å². The predicted octanol–water partition coefficient (Wildman–Crippen LogP) is 2.37. The van der Waals surface area contributed by atoms with Gasteiger partial charge in [0.15, 0.2) is 0 Å². The van der Waals surface area contributed by atoms with Gasteiger partial charge in [0.2, 0.25) is 0 Å². The molecular weight excluding hydrogens is 236 g/mol. The van der Waals surface area contributed by atoms with Gasteiger partial charge in [-0.15, -0.1) is 0 Å². The van der Waals surface area contributed by atoms with Crippen LogP contribution in [0.2, 0.25) is 0 Å².